The number of carbonyl (C=O) groups excluding carboxylic acids is 2. The second kappa shape index (κ2) is 11.4. The van der Waals surface area contributed by atoms with Crippen LogP contribution in [0.25, 0.3) is 0 Å². The van der Waals surface area contributed by atoms with Crippen LogP contribution in [-0.2, 0) is 19.7 Å². The third kappa shape index (κ3) is 11.9. The molecular formula is C23H34O4. The quantitative estimate of drug-likeness (QED) is 0.540. The van der Waals surface area contributed by atoms with Crippen LogP contribution in [0.4, 0.5) is 0 Å². The number of esters is 2. The molecule has 150 valence electrons. The largest absolute Gasteiger partial charge is 0.465 e. The van der Waals surface area contributed by atoms with Crippen molar-refractivity contribution in [2.75, 3.05) is 13.7 Å². The molecule has 0 heterocycles. The molecule has 0 bridgehead atoms. The Hall–Kier alpha value is -2.28. The lowest BCUT2D eigenvalue weighted by Crippen LogP contribution is -2.11. The monoisotopic (exact) mass is 374 g/mol. The van der Waals surface area contributed by atoms with Gasteiger partial charge in [-0.2, -0.15) is 0 Å². The third-order valence-corrected chi connectivity index (χ3v) is 3.39. The molecule has 1 aromatic carbocycles. The topological polar surface area (TPSA) is 52.6 Å². The lowest BCUT2D eigenvalue weighted by molar-refractivity contribution is -0.142. The van der Waals surface area contributed by atoms with E-state index in [4.69, 9.17) is 4.74 Å². The number of rotatable bonds is 4. The van der Waals surface area contributed by atoms with Crippen molar-refractivity contribution in [2.24, 2.45) is 5.41 Å². The summed E-state index contributed by atoms with van der Waals surface area (Å²) in [6, 6.07) is 7.53. The van der Waals surface area contributed by atoms with Crippen molar-refractivity contribution < 1.29 is 19.1 Å². The van der Waals surface area contributed by atoms with Crippen LogP contribution in [0, 0.1) is 17.3 Å². The molecule has 0 aliphatic carbocycles. The Morgan fingerprint density at radius 2 is 1.56 bits per heavy atom. The highest BCUT2D eigenvalue weighted by Gasteiger charge is 2.14. The van der Waals surface area contributed by atoms with Crippen molar-refractivity contribution in [2.45, 2.75) is 66.7 Å². The molecule has 0 radical (unpaired) electrons. The van der Waals surface area contributed by atoms with E-state index >= 15 is 0 Å². The molecular weight excluding hydrogens is 340 g/mol. The molecule has 0 aliphatic heterocycles. The summed E-state index contributed by atoms with van der Waals surface area (Å²) in [5.41, 5.74) is 1.91. The Morgan fingerprint density at radius 1 is 1.00 bits per heavy atom. The Morgan fingerprint density at radius 3 is 1.96 bits per heavy atom. The van der Waals surface area contributed by atoms with Gasteiger partial charge in [-0.3, -0.25) is 4.79 Å². The zero-order valence-corrected chi connectivity index (χ0v) is 18.1. The van der Waals surface area contributed by atoms with E-state index in [9.17, 15) is 9.59 Å². The van der Waals surface area contributed by atoms with E-state index in [1.54, 1.807) is 12.1 Å². The van der Waals surface area contributed by atoms with Crippen molar-refractivity contribution >= 4 is 11.9 Å². The third-order valence-electron chi connectivity index (χ3n) is 3.39. The number of carbonyl (C=O) groups is 2. The van der Waals surface area contributed by atoms with Gasteiger partial charge >= 0.3 is 11.9 Å². The van der Waals surface area contributed by atoms with Crippen molar-refractivity contribution in [3.05, 3.63) is 35.4 Å². The minimum absolute atomic E-state index is 0.0167. The Labute approximate surface area is 164 Å². The number of ether oxygens (including phenoxy) is 2. The van der Waals surface area contributed by atoms with Gasteiger partial charge in [0.25, 0.3) is 0 Å². The molecule has 0 spiro atoms. The summed E-state index contributed by atoms with van der Waals surface area (Å²) in [5.74, 6) is 5.37. The maximum Gasteiger partial charge on any atom is 0.337 e. The van der Waals surface area contributed by atoms with Gasteiger partial charge < -0.3 is 9.47 Å². The van der Waals surface area contributed by atoms with E-state index in [0.29, 0.717) is 12.0 Å². The van der Waals surface area contributed by atoms with E-state index < -0.39 is 0 Å². The molecule has 4 nitrogen and oxygen atoms in total. The van der Waals surface area contributed by atoms with Crippen LogP contribution in [0.5, 0.6) is 0 Å². The average Bonchev–Trinajstić information content (AvgIpc) is 2.57. The average molecular weight is 375 g/mol. The summed E-state index contributed by atoms with van der Waals surface area (Å²) < 4.78 is 9.49. The van der Waals surface area contributed by atoms with Crippen molar-refractivity contribution in [1.82, 2.24) is 0 Å². The van der Waals surface area contributed by atoms with Crippen LogP contribution in [0.2, 0.25) is 0 Å². The first-order valence-electron chi connectivity index (χ1n) is 9.25. The molecule has 0 aromatic heterocycles. The van der Waals surface area contributed by atoms with Gasteiger partial charge in [0, 0.05) is 11.8 Å². The van der Waals surface area contributed by atoms with Gasteiger partial charge in [-0.1, -0.05) is 51.7 Å². The second-order valence-electron chi connectivity index (χ2n) is 8.28. The number of methoxy groups -OCH3 is 1. The van der Waals surface area contributed by atoms with Crippen molar-refractivity contribution in [3.8, 4) is 11.8 Å². The molecule has 0 unspecified atom stereocenters. The smallest absolute Gasteiger partial charge is 0.337 e. The fraction of sp³-hybridized carbons (Fsp3) is 0.565. The molecule has 0 saturated carbocycles. The zero-order valence-electron chi connectivity index (χ0n) is 18.1. The van der Waals surface area contributed by atoms with Crippen LogP contribution in [0.1, 0.15) is 77.2 Å². The normalized spacial score (nSPS) is 10.7. The SMILES string of the molecule is CCCC(=O)OCC#CC(C)(C)C.COC(=O)c1ccc(C(C)(C)C)cc1. The van der Waals surface area contributed by atoms with Gasteiger partial charge in [-0.05, 0) is 50.3 Å². The standard InChI is InChI=1S/C12H16O2.C11H18O2/c1-12(2,3)10-7-5-9(6-8-10)11(13)14-4;1-5-7-10(12)13-9-6-8-11(2,3)4/h5-8H,1-4H3;5,7,9H2,1-4H3. The highest BCUT2D eigenvalue weighted by molar-refractivity contribution is 5.89. The maximum atomic E-state index is 11.2. The van der Waals surface area contributed by atoms with Gasteiger partial charge in [-0.25, -0.2) is 4.79 Å². The number of benzene rings is 1. The van der Waals surface area contributed by atoms with Crippen LogP contribution in [-0.4, -0.2) is 25.7 Å². The molecule has 0 N–H and O–H groups in total. The van der Waals surface area contributed by atoms with Crippen LogP contribution < -0.4 is 0 Å². The molecule has 0 atom stereocenters. The van der Waals surface area contributed by atoms with Gasteiger partial charge in [0.1, 0.15) is 0 Å². The molecule has 0 aliphatic rings. The molecule has 0 fully saturated rings. The second-order valence-corrected chi connectivity index (χ2v) is 8.28. The zero-order chi connectivity index (χ0) is 21.1. The number of hydrogen-bond donors (Lipinski definition) is 0. The van der Waals surface area contributed by atoms with Crippen molar-refractivity contribution in [3.63, 3.8) is 0 Å². The van der Waals surface area contributed by atoms with Crippen molar-refractivity contribution in [1.29, 1.82) is 0 Å². The van der Waals surface area contributed by atoms with E-state index in [1.165, 1.54) is 12.7 Å². The van der Waals surface area contributed by atoms with Gasteiger partial charge in [0.2, 0.25) is 0 Å². The summed E-state index contributed by atoms with van der Waals surface area (Å²) in [6.45, 7) is 14.6. The minimum atomic E-state index is -0.287. The molecule has 0 saturated heterocycles. The Bertz CT molecular complexity index is 647. The van der Waals surface area contributed by atoms with Gasteiger partial charge in [-0.15, -0.1) is 0 Å². The summed E-state index contributed by atoms with van der Waals surface area (Å²) in [4.78, 5) is 22.0. The Balaban J connectivity index is 0.000000503. The fourth-order valence-corrected chi connectivity index (χ4v) is 1.92. The van der Waals surface area contributed by atoms with Crippen LogP contribution in [0.3, 0.4) is 0 Å². The fourth-order valence-electron chi connectivity index (χ4n) is 1.92. The van der Waals surface area contributed by atoms with E-state index in [1.807, 2.05) is 39.8 Å². The predicted molar refractivity (Wildman–Crippen MR) is 110 cm³/mol. The summed E-state index contributed by atoms with van der Waals surface area (Å²) >= 11 is 0. The summed E-state index contributed by atoms with van der Waals surface area (Å²) in [7, 11) is 1.39. The molecule has 1 rings (SSSR count). The highest BCUT2D eigenvalue weighted by atomic mass is 16.5. The van der Waals surface area contributed by atoms with E-state index in [2.05, 4.69) is 37.3 Å². The predicted octanol–water partition coefficient (Wildman–Crippen LogP) is 5.15. The summed E-state index contributed by atoms with van der Waals surface area (Å²) in [5, 5.41) is 0. The first-order chi connectivity index (χ1) is 12.4. The van der Waals surface area contributed by atoms with E-state index in [-0.39, 0.29) is 29.4 Å². The van der Waals surface area contributed by atoms with E-state index in [0.717, 1.165) is 6.42 Å². The van der Waals surface area contributed by atoms with Crippen LogP contribution >= 0.6 is 0 Å². The molecule has 4 heteroatoms. The molecule has 0 amide bonds. The molecule has 27 heavy (non-hydrogen) atoms. The lowest BCUT2D eigenvalue weighted by atomic mass is 9.87. The van der Waals surface area contributed by atoms with Gasteiger partial charge in [0.15, 0.2) is 6.61 Å². The maximum absolute atomic E-state index is 11.2. The minimum Gasteiger partial charge on any atom is -0.465 e. The first kappa shape index (κ1) is 24.7. The highest BCUT2D eigenvalue weighted by Crippen LogP contribution is 2.22. The first-order valence-corrected chi connectivity index (χ1v) is 9.25. The lowest BCUT2D eigenvalue weighted by Gasteiger charge is -2.18. The summed E-state index contributed by atoms with van der Waals surface area (Å²) in [6.07, 6.45) is 1.31. The van der Waals surface area contributed by atoms with Gasteiger partial charge in [0.05, 0.1) is 12.7 Å². The molecule has 1 aromatic rings. The van der Waals surface area contributed by atoms with Crippen LogP contribution in [0.15, 0.2) is 24.3 Å². The number of hydrogen-bond acceptors (Lipinski definition) is 4. The Kier molecular flexibility index (Phi) is 10.5.